The molecule has 31 heavy (non-hydrogen) atoms. The van der Waals surface area contributed by atoms with Crippen molar-refractivity contribution < 1.29 is 19.4 Å². The number of β-amino-alcohol motifs (C(OH)–C–C–N with tert-alkyl or cyclic N) is 1. The average Bonchev–Trinajstić information content (AvgIpc) is 3.21. The molecular weight excluding hydrogens is 394 g/mol. The molecule has 162 valence electrons. The predicted molar refractivity (Wildman–Crippen MR) is 116 cm³/mol. The fourth-order valence-corrected chi connectivity index (χ4v) is 4.81. The van der Waals surface area contributed by atoms with E-state index in [9.17, 15) is 14.7 Å². The van der Waals surface area contributed by atoms with Gasteiger partial charge in [-0.2, -0.15) is 0 Å². The van der Waals surface area contributed by atoms with Gasteiger partial charge in [0.15, 0.2) is 0 Å². The first-order chi connectivity index (χ1) is 15.1. The molecule has 2 amide bonds. The molecule has 1 saturated heterocycles. The van der Waals surface area contributed by atoms with Crippen LogP contribution < -0.4 is 4.90 Å². The normalized spacial score (nSPS) is 19.8. The molecule has 1 N–H and O–H groups in total. The van der Waals surface area contributed by atoms with Gasteiger partial charge in [0, 0.05) is 44.0 Å². The molecule has 2 aromatic rings. The van der Waals surface area contributed by atoms with Gasteiger partial charge in [0.05, 0.1) is 12.6 Å². The summed E-state index contributed by atoms with van der Waals surface area (Å²) in [4.78, 5) is 30.4. The van der Waals surface area contributed by atoms with Crippen molar-refractivity contribution in [2.45, 2.75) is 25.5 Å². The lowest BCUT2D eigenvalue weighted by molar-refractivity contribution is 0.0493. The van der Waals surface area contributed by atoms with Crippen LogP contribution in [0.25, 0.3) is 0 Å². The number of benzene rings is 2. The highest BCUT2D eigenvalue weighted by atomic mass is 16.6. The van der Waals surface area contributed by atoms with E-state index in [1.165, 1.54) is 11.1 Å². The summed E-state index contributed by atoms with van der Waals surface area (Å²) in [5, 5.41) is 10.7. The van der Waals surface area contributed by atoms with Crippen LogP contribution in [0.3, 0.4) is 0 Å². The third kappa shape index (κ3) is 4.03. The van der Waals surface area contributed by atoms with Crippen LogP contribution in [-0.2, 0) is 24.1 Å². The van der Waals surface area contributed by atoms with Crippen LogP contribution in [0.2, 0.25) is 0 Å². The quantitative estimate of drug-likeness (QED) is 0.800. The lowest BCUT2D eigenvalue weighted by Gasteiger charge is -2.34. The van der Waals surface area contributed by atoms with Gasteiger partial charge < -0.3 is 14.7 Å². The van der Waals surface area contributed by atoms with E-state index in [1.807, 2.05) is 6.07 Å². The number of cyclic esters (lactones) is 1. The Kier molecular flexibility index (Phi) is 5.38. The SMILES string of the molecule is O=C1c2ccc(N3CCOC3=O)cc2CCN1CC(O)CN1CCc2ccccc2C1. The molecule has 0 aliphatic carbocycles. The molecule has 0 bridgehead atoms. The minimum atomic E-state index is -0.589. The van der Waals surface area contributed by atoms with Crippen LogP contribution >= 0.6 is 0 Å². The average molecular weight is 421 g/mol. The van der Waals surface area contributed by atoms with E-state index in [1.54, 1.807) is 21.9 Å². The maximum absolute atomic E-state index is 13.0. The molecule has 3 heterocycles. The van der Waals surface area contributed by atoms with E-state index in [0.717, 1.165) is 30.8 Å². The Morgan fingerprint density at radius 1 is 0.935 bits per heavy atom. The maximum Gasteiger partial charge on any atom is 0.414 e. The number of aliphatic hydroxyl groups is 1. The van der Waals surface area contributed by atoms with Gasteiger partial charge in [0.1, 0.15) is 6.61 Å². The summed E-state index contributed by atoms with van der Waals surface area (Å²) in [6.07, 6.45) is 0.773. The fourth-order valence-electron chi connectivity index (χ4n) is 4.81. The standard InChI is InChI=1S/C24H27N3O4/c28-21(15-25-9-7-17-3-1-2-4-19(17)14-25)16-26-10-8-18-13-20(5-6-22(18)23(26)29)27-11-12-31-24(27)30/h1-6,13,21,28H,7-12,14-16H2. The number of carbonyl (C=O) groups excluding carboxylic acids is 2. The molecule has 3 aliphatic heterocycles. The molecule has 1 fully saturated rings. The second-order valence-electron chi connectivity index (χ2n) is 8.52. The van der Waals surface area contributed by atoms with Crippen molar-refractivity contribution in [1.29, 1.82) is 0 Å². The molecule has 0 radical (unpaired) electrons. The molecule has 1 atom stereocenters. The van der Waals surface area contributed by atoms with Crippen LogP contribution in [0.1, 0.15) is 27.0 Å². The molecule has 3 aliphatic rings. The van der Waals surface area contributed by atoms with Crippen LogP contribution in [-0.4, -0.2) is 72.3 Å². The lowest BCUT2D eigenvalue weighted by atomic mass is 9.97. The van der Waals surface area contributed by atoms with E-state index in [4.69, 9.17) is 4.74 Å². The third-order valence-corrected chi connectivity index (χ3v) is 6.44. The van der Waals surface area contributed by atoms with Crippen LogP contribution in [0.5, 0.6) is 0 Å². The summed E-state index contributed by atoms with van der Waals surface area (Å²) in [5.74, 6) is -0.0557. The van der Waals surface area contributed by atoms with Crippen molar-refractivity contribution in [3.05, 3.63) is 64.7 Å². The van der Waals surface area contributed by atoms with E-state index < -0.39 is 6.10 Å². The Hall–Kier alpha value is -2.90. The zero-order valence-electron chi connectivity index (χ0n) is 17.5. The number of carbonyl (C=O) groups is 2. The zero-order valence-corrected chi connectivity index (χ0v) is 17.5. The molecule has 7 heteroatoms. The van der Waals surface area contributed by atoms with Gasteiger partial charge in [-0.3, -0.25) is 14.6 Å². The summed E-state index contributed by atoms with van der Waals surface area (Å²) >= 11 is 0. The number of aliphatic hydroxyl groups excluding tert-OH is 1. The van der Waals surface area contributed by atoms with E-state index >= 15 is 0 Å². The predicted octanol–water partition coefficient (Wildman–Crippen LogP) is 2.06. The second-order valence-corrected chi connectivity index (χ2v) is 8.52. The Morgan fingerprint density at radius 3 is 2.55 bits per heavy atom. The number of amides is 2. The minimum absolute atomic E-state index is 0.0557. The minimum Gasteiger partial charge on any atom is -0.447 e. The molecule has 5 rings (SSSR count). The molecule has 0 aromatic heterocycles. The number of ether oxygens (including phenoxy) is 1. The molecular formula is C24H27N3O4. The highest BCUT2D eigenvalue weighted by molar-refractivity contribution is 5.98. The smallest absolute Gasteiger partial charge is 0.414 e. The summed E-state index contributed by atoms with van der Waals surface area (Å²) in [6.45, 7) is 4.14. The largest absolute Gasteiger partial charge is 0.447 e. The van der Waals surface area contributed by atoms with Crippen molar-refractivity contribution in [2.24, 2.45) is 0 Å². The maximum atomic E-state index is 13.0. The highest BCUT2D eigenvalue weighted by Crippen LogP contribution is 2.27. The first-order valence-corrected chi connectivity index (χ1v) is 10.9. The Labute approximate surface area is 181 Å². The van der Waals surface area contributed by atoms with Gasteiger partial charge in [-0.05, 0) is 47.7 Å². The first kappa shape index (κ1) is 20.0. The van der Waals surface area contributed by atoms with Crippen molar-refractivity contribution in [2.75, 3.05) is 44.2 Å². The summed E-state index contributed by atoms with van der Waals surface area (Å²) < 4.78 is 5.01. The molecule has 2 aromatic carbocycles. The summed E-state index contributed by atoms with van der Waals surface area (Å²) in [7, 11) is 0. The van der Waals surface area contributed by atoms with E-state index in [0.29, 0.717) is 44.8 Å². The third-order valence-electron chi connectivity index (χ3n) is 6.44. The van der Waals surface area contributed by atoms with E-state index in [-0.39, 0.29) is 12.0 Å². The number of hydrogen-bond donors (Lipinski definition) is 1. The topological polar surface area (TPSA) is 73.3 Å². The lowest BCUT2D eigenvalue weighted by Crippen LogP contribution is -2.46. The molecule has 0 saturated carbocycles. The van der Waals surface area contributed by atoms with Crippen LogP contribution in [0, 0.1) is 0 Å². The number of hydrogen-bond acceptors (Lipinski definition) is 5. The number of anilines is 1. The van der Waals surface area contributed by atoms with Gasteiger partial charge in [0.2, 0.25) is 0 Å². The van der Waals surface area contributed by atoms with Crippen molar-refractivity contribution in [1.82, 2.24) is 9.80 Å². The van der Waals surface area contributed by atoms with Crippen molar-refractivity contribution in [3.8, 4) is 0 Å². The molecule has 1 unspecified atom stereocenters. The van der Waals surface area contributed by atoms with Gasteiger partial charge in [0.25, 0.3) is 5.91 Å². The molecule has 7 nitrogen and oxygen atoms in total. The summed E-state index contributed by atoms with van der Waals surface area (Å²) in [6, 6.07) is 14.0. The fraction of sp³-hybridized carbons (Fsp3) is 0.417. The second kappa shape index (κ2) is 8.32. The van der Waals surface area contributed by atoms with Gasteiger partial charge >= 0.3 is 6.09 Å². The molecule has 0 spiro atoms. The Balaban J connectivity index is 1.21. The number of rotatable bonds is 5. The zero-order chi connectivity index (χ0) is 21.4. The van der Waals surface area contributed by atoms with Gasteiger partial charge in [-0.1, -0.05) is 24.3 Å². The number of nitrogens with zero attached hydrogens (tertiary/aromatic N) is 3. The monoisotopic (exact) mass is 421 g/mol. The Morgan fingerprint density at radius 2 is 1.74 bits per heavy atom. The van der Waals surface area contributed by atoms with Gasteiger partial charge in [-0.25, -0.2) is 4.79 Å². The van der Waals surface area contributed by atoms with Crippen LogP contribution in [0.15, 0.2) is 42.5 Å². The first-order valence-electron chi connectivity index (χ1n) is 10.9. The van der Waals surface area contributed by atoms with Crippen molar-refractivity contribution in [3.63, 3.8) is 0 Å². The highest BCUT2D eigenvalue weighted by Gasteiger charge is 2.29. The van der Waals surface area contributed by atoms with Crippen molar-refractivity contribution >= 4 is 17.7 Å². The van der Waals surface area contributed by atoms with Gasteiger partial charge in [-0.15, -0.1) is 0 Å². The van der Waals surface area contributed by atoms with Crippen LogP contribution in [0.4, 0.5) is 10.5 Å². The Bertz CT molecular complexity index is 1010. The number of fused-ring (bicyclic) bond motifs is 2. The summed E-state index contributed by atoms with van der Waals surface area (Å²) in [5.41, 5.74) is 5.08. The van der Waals surface area contributed by atoms with E-state index in [2.05, 4.69) is 29.2 Å².